The standard InChI is InChI=1S/C20H24N2O5/c1-5-13-9-8-10-14(6-2)19(13)21-20(23)15-11-17(26-4)18(27-7-3)12-16(15)22(24)25/h8-12H,5-7H2,1-4H3,(H,21,23). The number of amides is 1. The van der Waals surface area contributed by atoms with E-state index in [4.69, 9.17) is 9.47 Å². The van der Waals surface area contributed by atoms with E-state index >= 15 is 0 Å². The Kier molecular flexibility index (Phi) is 6.76. The number of nitrogens with zero attached hydrogens (tertiary/aromatic N) is 1. The molecule has 7 nitrogen and oxygen atoms in total. The van der Waals surface area contributed by atoms with Crippen molar-refractivity contribution in [2.45, 2.75) is 33.6 Å². The second kappa shape index (κ2) is 9.02. The van der Waals surface area contributed by atoms with Crippen LogP contribution in [0.25, 0.3) is 0 Å². The van der Waals surface area contributed by atoms with Crippen LogP contribution in [0, 0.1) is 10.1 Å². The van der Waals surface area contributed by atoms with E-state index in [1.807, 2.05) is 32.0 Å². The number of nitro groups is 1. The zero-order valence-electron chi connectivity index (χ0n) is 16.0. The Morgan fingerprint density at radius 1 is 1.11 bits per heavy atom. The fourth-order valence-electron chi connectivity index (χ4n) is 2.89. The number of carbonyl (C=O) groups is 1. The van der Waals surface area contributed by atoms with Crippen molar-refractivity contribution >= 4 is 17.3 Å². The van der Waals surface area contributed by atoms with Crippen molar-refractivity contribution in [1.29, 1.82) is 0 Å². The summed E-state index contributed by atoms with van der Waals surface area (Å²) in [5.41, 5.74) is 2.25. The van der Waals surface area contributed by atoms with Crippen LogP contribution in [0.5, 0.6) is 11.5 Å². The third-order valence-corrected chi connectivity index (χ3v) is 4.26. The molecule has 1 amide bonds. The van der Waals surface area contributed by atoms with Gasteiger partial charge in [0.05, 0.1) is 24.7 Å². The molecule has 2 rings (SSSR count). The lowest BCUT2D eigenvalue weighted by atomic mass is 10.0. The number of para-hydroxylation sites is 1. The van der Waals surface area contributed by atoms with Crippen LogP contribution < -0.4 is 14.8 Å². The molecular weight excluding hydrogens is 348 g/mol. The van der Waals surface area contributed by atoms with Gasteiger partial charge in [0.25, 0.3) is 11.6 Å². The highest BCUT2D eigenvalue weighted by atomic mass is 16.6. The number of methoxy groups -OCH3 is 1. The number of rotatable bonds is 8. The number of hydrogen-bond acceptors (Lipinski definition) is 5. The molecule has 0 spiro atoms. The third kappa shape index (κ3) is 4.36. The number of hydrogen-bond donors (Lipinski definition) is 1. The Morgan fingerprint density at radius 2 is 1.74 bits per heavy atom. The highest BCUT2D eigenvalue weighted by molar-refractivity contribution is 6.08. The first-order valence-corrected chi connectivity index (χ1v) is 8.88. The van der Waals surface area contributed by atoms with E-state index in [1.165, 1.54) is 19.2 Å². The van der Waals surface area contributed by atoms with Gasteiger partial charge in [0.15, 0.2) is 11.5 Å². The molecule has 1 N–H and O–H groups in total. The van der Waals surface area contributed by atoms with Crippen LogP contribution in [-0.4, -0.2) is 24.5 Å². The molecule has 0 aliphatic carbocycles. The fourth-order valence-corrected chi connectivity index (χ4v) is 2.89. The fraction of sp³-hybridized carbons (Fsp3) is 0.350. The molecule has 2 aromatic carbocycles. The van der Waals surface area contributed by atoms with Gasteiger partial charge in [0.1, 0.15) is 5.56 Å². The van der Waals surface area contributed by atoms with Crippen LogP contribution in [-0.2, 0) is 12.8 Å². The number of ether oxygens (including phenoxy) is 2. The summed E-state index contributed by atoms with van der Waals surface area (Å²) >= 11 is 0. The number of nitro benzene ring substituents is 1. The molecule has 2 aromatic rings. The number of carbonyl (C=O) groups excluding carboxylic acids is 1. The molecule has 0 aliphatic heterocycles. The molecule has 0 bridgehead atoms. The molecular formula is C20H24N2O5. The van der Waals surface area contributed by atoms with E-state index in [9.17, 15) is 14.9 Å². The quantitative estimate of drug-likeness (QED) is 0.548. The van der Waals surface area contributed by atoms with Crippen LogP contribution in [0.15, 0.2) is 30.3 Å². The Balaban J connectivity index is 2.52. The summed E-state index contributed by atoms with van der Waals surface area (Å²) in [6.45, 7) is 6.07. The van der Waals surface area contributed by atoms with E-state index < -0.39 is 10.8 Å². The largest absolute Gasteiger partial charge is 0.493 e. The molecule has 0 saturated heterocycles. The Bertz CT molecular complexity index is 826. The van der Waals surface area contributed by atoms with Crippen molar-refractivity contribution in [2.75, 3.05) is 19.0 Å². The molecule has 0 unspecified atom stereocenters. The van der Waals surface area contributed by atoms with Gasteiger partial charge in [-0.2, -0.15) is 0 Å². The van der Waals surface area contributed by atoms with Crippen LogP contribution >= 0.6 is 0 Å². The maximum absolute atomic E-state index is 12.9. The third-order valence-electron chi connectivity index (χ3n) is 4.26. The molecule has 144 valence electrons. The van der Waals surface area contributed by atoms with Gasteiger partial charge in [0.2, 0.25) is 0 Å². The molecule has 0 fully saturated rings. The molecule has 0 aromatic heterocycles. The van der Waals surface area contributed by atoms with Crippen LogP contribution in [0.2, 0.25) is 0 Å². The maximum Gasteiger partial charge on any atom is 0.286 e. The van der Waals surface area contributed by atoms with Gasteiger partial charge in [-0.15, -0.1) is 0 Å². The monoisotopic (exact) mass is 372 g/mol. The highest BCUT2D eigenvalue weighted by Crippen LogP contribution is 2.35. The minimum absolute atomic E-state index is 0.0757. The van der Waals surface area contributed by atoms with Crippen molar-refractivity contribution < 1.29 is 19.2 Å². The Hall–Kier alpha value is -3.09. The number of aryl methyl sites for hydroxylation is 2. The van der Waals surface area contributed by atoms with Crippen LogP contribution in [0.1, 0.15) is 42.3 Å². The Labute approximate surface area is 158 Å². The Morgan fingerprint density at radius 3 is 2.22 bits per heavy atom. The summed E-state index contributed by atoms with van der Waals surface area (Å²) in [7, 11) is 1.42. The van der Waals surface area contributed by atoms with Gasteiger partial charge in [-0.3, -0.25) is 14.9 Å². The van der Waals surface area contributed by atoms with Crippen molar-refractivity contribution in [1.82, 2.24) is 0 Å². The first kappa shape index (κ1) is 20.2. The van der Waals surface area contributed by atoms with E-state index in [2.05, 4.69) is 5.32 Å². The number of benzene rings is 2. The summed E-state index contributed by atoms with van der Waals surface area (Å²) in [5, 5.41) is 14.4. The molecule has 0 aliphatic rings. The molecule has 0 atom stereocenters. The van der Waals surface area contributed by atoms with Gasteiger partial charge in [0, 0.05) is 11.8 Å². The van der Waals surface area contributed by atoms with Crippen molar-refractivity contribution in [2.24, 2.45) is 0 Å². The molecule has 7 heteroatoms. The van der Waals surface area contributed by atoms with E-state index in [-0.39, 0.29) is 22.7 Å². The predicted octanol–water partition coefficient (Wildman–Crippen LogP) is 4.38. The summed E-state index contributed by atoms with van der Waals surface area (Å²) in [6, 6.07) is 8.38. The smallest absolute Gasteiger partial charge is 0.286 e. The van der Waals surface area contributed by atoms with E-state index in [0.29, 0.717) is 12.3 Å². The van der Waals surface area contributed by atoms with Crippen LogP contribution in [0.3, 0.4) is 0 Å². The van der Waals surface area contributed by atoms with Gasteiger partial charge in [-0.1, -0.05) is 32.0 Å². The second-order valence-electron chi connectivity index (χ2n) is 5.82. The second-order valence-corrected chi connectivity index (χ2v) is 5.82. The molecule has 0 saturated carbocycles. The van der Waals surface area contributed by atoms with Crippen LogP contribution in [0.4, 0.5) is 11.4 Å². The van der Waals surface area contributed by atoms with Gasteiger partial charge in [-0.25, -0.2) is 0 Å². The first-order valence-electron chi connectivity index (χ1n) is 8.88. The number of anilines is 1. The molecule has 0 radical (unpaired) electrons. The molecule has 27 heavy (non-hydrogen) atoms. The van der Waals surface area contributed by atoms with Gasteiger partial charge < -0.3 is 14.8 Å². The molecule has 0 heterocycles. The maximum atomic E-state index is 12.9. The van der Waals surface area contributed by atoms with Crippen molar-refractivity contribution in [3.8, 4) is 11.5 Å². The first-order chi connectivity index (χ1) is 13.0. The SMILES string of the molecule is CCOc1cc([N+](=O)[O-])c(C(=O)Nc2c(CC)cccc2CC)cc1OC. The highest BCUT2D eigenvalue weighted by Gasteiger charge is 2.25. The number of nitrogens with one attached hydrogen (secondary N) is 1. The lowest BCUT2D eigenvalue weighted by Gasteiger charge is -2.15. The summed E-state index contributed by atoms with van der Waals surface area (Å²) in [5.74, 6) is -0.0582. The summed E-state index contributed by atoms with van der Waals surface area (Å²) < 4.78 is 10.6. The van der Waals surface area contributed by atoms with Gasteiger partial charge in [-0.05, 0) is 30.9 Å². The lowest BCUT2D eigenvalue weighted by Crippen LogP contribution is -2.17. The average molecular weight is 372 g/mol. The topological polar surface area (TPSA) is 90.7 Å². The van der Waals surface area contributed by atoms with Gasteiger partial charge >= 0.3 is 0 Å². The van der Waals surface area contributed by atoms with Crippen molar-refractivity contribution in [3.05, 3.63) is 57.1 Å². The van der Waals surface area contributed by atoms with Crippen molar-refractivity contribution in [3.63, 3.8) is 0 Å². The lowest BCUT2D eigenvalue weighted by molar-refractivity contribution is -0.385. The summed E-state index contributed by atoms with van der Waals surface area (Å²) in [4.78, 5) is 23.8. The zero-order chi connectivity index (χ0) is 20.0. The predicted molar refractivity (Wildman–Crippen MR) is 104 cm³/mol. The zero-order valence-corrected chi connectivity index (χ0v) is 16.0. The van der Waals surface area contributed by atoms with E-state index in [0.717, 1.165) is 24.0 Å². The minimum atomic E-state index is -0.594. The van der Waals surface area contributed by atoms with E-state index in [1.54, 1.807) is 6.92 Å². The minimum Gasteiger partial charge on any atom is -0.493 e. The average Bonchev–Trinajstić information content (AvgIpc) is 2.67. The summed E-state index contributed by atoms with van der Waals surface area (Å²) in [6.07, 6.45) is 1.47. The normalized spacial score (nSPS) is 10.4.